The van der Waals surface area contributed by atoms with E-state index in [1.807, 2.05) is 36.4 Å². The third-order valence-corrected chi connectivity index (χ3v) is 5.21. The van der Waals surface area contributed by atoms with E-state index in [2.05, 4.69) is 52.6 Å². The van der Waals surface area contributed by atoms with E-state index >= 15 is 0 Å². The number of ether oxygens (including phenoxy) is 1. The van der Waals surface area contributed by atoms with Crippen molar-refractivity contribution in [1.29, 1.82) is 0 Å². The number of oxime groups is 1. The van der Waals surface area contributed by atoms with Crippen LogP contribution >= 0.6 is 0 Å². The van der Waals surface area contributed by atoms with Crippen molar-refractivity contribution in [1.82, 2.24) is 4.98 Å². The number of benzene rings is 3. The van der Waals surface area contributed by atoms with Crippen LogP contribution in [0.5, 0.6) is 5.75 Å². The second-order valence-corrected chi connectivity index (χ2v) is 6.87. The summed E-state index contributed by atoms with van der Waals surface area (Å²) in [6.07, 6.45) is 0.659. The van der Waals surface area contributed by atoms with Gasteiger partial charge < -0.3 is 14.6 Å². The SMILES string of the molecule is COc1cccc2c(-c3ccccc3)c(C3=NOC(c4ccccc4)C3)[nH]c12. The molecule has 1 aromatic heterocycles. The molecule has 2 heterocycles. The number of nitrogens with zero attached hydrogens (tertiary/aromatic N) is 1. The number of hydrogen-bond acceptors (Lipinski definition) is 3. The summed E-state index contributed by atoms with van der Waals surface area (Å²) in [6.45, 7) is 0. The lowest BCUT2D eigenvalue weighted by Crippen LogP contribution is -2.03. The van der Waals surface area contributed by atoms with E-state index in [0.29, 0.717) is 0 Å². The van der Waals surface area contributed by atoms with Crippen molar-refractivity contribution in [2.45, 2.75) is 12.5 Å². The van der Waals surface area contributed by atoms with Crippen LogP contribution in [0.3, 0.4) is 0 Å². The summed E-state index contributed by atoms with van der Waals surface area (Å²) in [7, 11) is 1.69. The summed E-state index contributed by atoms with van der Waals surface area (Å²) in [5.74, 6) is 0.819. The van der Waals surface area contributed by atoms with Crippen LogP contribution in [0.1, 0.15) is 23.8 Å². The number of para-hydroxylation sites is 1. The summed E-state index contributed by atoms with van der Waals surface area (Å²) in [6, 6.07) is 26.7. The molecule has 4 heteroatoms. The van der Waals surface area contributed by atoms with E-state index in [0.717, 1.165) is 51.2 Å². The van der Waals surface area contributed by atoms with Crippen molar-refractivity contribution in [3.63, 3.8) is 0 Å². The van der Waals surface area contributed by atoms with Crippen molar-refractivity contribution < 1.29 is 9.57 Å². The van der Waals surface area contributed by atoms with E-state index in [4.69, 9.17) is 9.57 Å². The van der Waals surface area contributed by atoms with E-state index in [1.54, 1.807) is 7.11 Å². The molecule has 4 aromatic rings. The summed E-state index contributed by atoms with van der Waals surface area (Å²) < 4.78 is 5.58. The Morgan fingerprint density at radius 2 is 1.68 bits per heavy atom. The number of fused-ring (bicyclic) bond motifs is 1. The molecule has 138 valence electrons. The normalized spacial score (nSPS) is 16.0. The number of aromatic nitrogens is 1. The second kappa shape index (κ2) is 6.89. The van der Waals surface area contributed by atoms with Gasteiger partial charge in [-0.25, -0.2) is 0 Å². The molecule has 0 radical (unpaired) electrons. The second-order valence-electron chi connectivity index (χ2n) is 6.87. The highest BCUT2D eigenvalue weighted by atomic mass is 16.6. The molecule has 0 amide bonds. The first-order chi connectivity index (χ1) is 13.8. The van der Waals surface area contributed by atoms with Crippen LogP contribution in [0.15, 0.2) is 84.0 Å². The zero-order valence-electron chi connectivity index (χ0n) is 15.6. The smallest absolute Gasteiger partial charge is 0.158 e. The summed E-state index contributed by atoms with van der Waals surface area (Å²) in [5, 5.41) is 5.56. The topological polar surface area (TPSA) is 46.6 Å². The van der Waals surface area contributed by atoms with Crippen LogP contribution < -0.4 is 4.74 Å². The predicted octanol–water partition coefficient (Wildman–Crippen LogP) is 5.71. The van der Waals surface area contributed by atoms with E-state index in [9.17, 15) is 0 Å². The van der Waals surface area contributed by atoms with Gasteiger partial charge in [0.25, 0.3) is 0 Å². The van der Waals surface area contributed by atoms with Crippen LogP contribution in [0.2, 0.25) is 0 Å². The van der Waals surface area contributed by atoms with Crippen molar-refractivity contribution in [2.24, 2.45) is 5.16 Å². The summed E-state index contributed by atoms with van der Waals surface area (Å²) in [5.41, 5.74) is 6.30. The number of nitrogens with one attached hydrogen (secondary N) is 1. The molecule has 1 aliphatic heterocycles. The molecule has 0 spiro atoms. The molecule has 1 N–H and O–H groups in total. The van der Waals surface area contributed by atoms with Gasteiger partial charge in [-0.3, -0.25) is 0 Å². The lowest BCUT2D eigenvalue weighted by Gasteiger charge is -2.08. The van der Waals surface area contributed by atoms with Gasteiger partial charge in [-0.05, 0) is 17.2 Å². The van der Waals surface area contributed by atoms with Crippen LogP contribution in [0.4, 0.5) is 0 Å². The molecule has 1 atom stereocenters. The van der Waals surface area contributed by atoms with Crippen molar-refractivity contribution in [3.8, 4) is 16.9 Å². The molecule has 0 saturated heterocycles. The number of aromatic amines is 1. The molecule has 28 heavy (non-hydrogen) atoms. The maximum Gasteiger partial charge on any atom is 0.158 e. The van der Waals surface area contributed by atoms with Gasteiger partial charge in [0.05, 0.1) is 18.3 Å². The van der Waals surface area contributed by atoms with Gasteiger partial charge in [0.1, 0.15) is 11.5 Å². The fourth-order valence-corrected chi connectivity index (χ4v) is 3.85. The lowest BCUT2D eigenvalue weighted by atomic mass is 9.97. The Hall–Kier alpha value is -3.53. The summed E-state index contributed by atoms with van der Waals surface area (Å²) in [4.78, 5) is 9.35. The monoisotopic (exact) mass is 368 g/mol. The van der Waals surface area contributed by atoms with Gasteiger partial charge in [0.2, 0.25) is 0 Å². The fourth-order valence-electron chi connectivity index (χ4n) is 3.85. The minimum atomic E-state index is -0.0619. The molecule has 0 saturated carbocycles. The van der Waals surface area contributed by atoms with Gasteiger partial charge in [0, 0.05) is 17.4 Å². The lowest BCUT2D eigenvalue weighted by molar-refractivity contribution is 0.0857. The van der Waals surface area contributed by atoms with E-state index in [-0.39, 0.29) is 6.10 Å². The zero-order valence-corrected chi connectivity index (χ0v) is 15.6. The largest absolute Gasteiger partial charge is 0.495 e. The number of H-pyrrole nitrogens is 1. The molecule has 1 aliphatic rings. The van der Waals surface area contributed by atoms with Crippen LogP contribution in [0.25, 0.3) is 22.0 Å². The molecular weight excluding hydrogens is 348 g/mol. The first-order valence-corrected chi connectivity index (χ1v) is 9.37. The molecule has 0 fully saturated rings. The molecular formula is C24H20N2O2. The quantitative estimate of drug-likeness (QED) is 0.501. The Kier molecular flexibility index (Phi) is 4.09. The van der Waals surface area contributed by atoms with Crippen molar-refractivity contribution in [2.75, 3.05) is 7.11 Å². The Morgan fingerprint density at radius 3 is 2.43 bits per heavy atom. The third kappa shape index (κ3) is 2.74. The first-order valence-electron chi connectivity index (χ1n) is 9.37. The predicted molar refractivity (Wildman–Crippen MR) is 112 cm³/mol. The fraction of sp³-hybridized carbons (Fsp3) is 0.125. The molecule has 5 rings (SSSR count). The van der Waals surface area contributed by atoms with Gasteiger partial charge in [-0.15, -0.1) is 0 Å². The van der Waals surface area contributed by atoms with Gasteiger partial charge in [-0.2, -0.15) is 0 Å². The molecule has 0 aliphatic carbocycles. The maximum absolute atomic E-state index is 5.79. The average Bonchev–Trinajstić information content (AvgIpc) is 3.39. The average molecular weight is 368 g/mol. The number of rotatable bonds is 4. The van der Waals surface area contributed by atoms with Crippen LogP contribution in [-0.2, 0) is 4.84 Å². The minimum Gasteiger partial charge on any atom is -0.495 e. The zero-order chi connectivity index (χ0) is 18.9. The van der Waals surface area contributed by atoms with E-state index in [1.165, 1.54) is 0 Å². The van der Waals surface area contributed by atoms with Gasteiger partial charge >= 0.3 is 0 Å². The minimum absolute atomic E-state index is 0.0619. The first kappa shape index (κ1) is 16.6. The highest BCUT2D eigenvalue weighted by Gasteiger charge is 2.28. The van der Waals surface area contributed by atoms with Gasteiger partial charge in [-0.1, -0.05) is 78.0 Å². The van der Waals surface area contributed by atoms with Crippen molar-refractivity contribution in [3.05, 3.63) is 90.1 Å². The molecule has 0 bridgehead atoms. The van der Waals surface area contributed by atoms with Crippen LogP contribution in [-0.4, -0.2) is 17.8 Å². The third-order valence-electron chi connectivity index (χ3n) is 5.21. The number of methoxy groups -OCH3 is 1. The highest BCUT2D eigenvalue weighted by Crippen LogP contribution is 2.39. The van der Waals surface area contributed by atoms with E-state index < -0.39 is 0 Å². The Balaban J connectivity index is 1.63. The maximum atomic E-state index is 5.79. The summed E-state index contributed by atoms with van der Waals surface area (Å²) >= 11 is 0. The Bertz CT molecular complexity index is 1150. The molecule has 4 nitrogen and oxygen atoms in total. The highest BCUT2D eigenvalue weighted by molar-refractivity contribution is 6.13. The van der Waals surface area contributed by atoms with Crippen LogP contribution in [0, 0.1) is 0 Å². The number of hydrogen-bond donors (Lipinski definition) is 1. The van der Waals surface area contributed by atoms with Gasteiger partial charge in [0.15, 0.2) is 6.10 Å². The molecule has 1 unspecified atom stereocenters. The Morgan fingerprint density at radius 1 is 0.929 bits per heavy atom. The standard InChI is InChI=1S/C24H20N2O2/c1-27-20-14-8-13-18-22(17-11-6-3-7-12-17)24(25-23(18)20)19-15-21(28-26-19)16-9-4-2-5-10-16/h2-14,21,25H,15H2,1H3. The van der Waals surface area contributed by atoms with Crippen molar-refractivity contribution >= 4 is 16.6 Å². The Labute approximate surface area is 163 Å². The molecule has 3 aromatic carbocycles.